The smallest absolute Gasteiger partial charge is 0.260 e. The van der Waals surface area contributed by atoms with E-state index in [1.54, 1.807) is 24.9 Å². The quantitative estimate of drug-likeness (QED) is 0.677. The second kappa shape index (κ2) is 4.91. The van der Waals surface area contributed by atoms with Gasteiger partial charge in [0, 0.05) is 19.3 Å². The van der Waals surface area contributed by atoms with Crippen LogP contribution in [0.1, 0.15) is 16.1 Å². The fraction of sp³-hybridized carbons (Fsp3) is 0.200. The second-order valence-corrected chi connectivity index (χ2v) is 4.33. The van der Waals surface area contributed by atoms with Crippen molar-refractivity contribution in [2.75, 3.05) is 5.32 Å². The van der Waals surface area contributed by atoms with Crippen molar-refractivity contribution in [2.45, 2.75) is 6.92 Å². The Morgan fingerprint density at radius 2 is 2.11 bits per heavy atom. The van der Waals surface area contributed by atoms with Gasteiger partial charge in [-0.05, 0) is 18.5 Å². The number of aromatic nitrogens is 4. The van der Waals surface area contributed by atoms with Crippen molar-refractivity contribution >= 4 is 34.9 Å². The molecule has 0 fully saturated rings. The number of amides is 1. The van der Waals surface area contributed by atoms with E-state index >= 15 is 0 Å². The first-order valence-corrected chi connectivity index (χ1v) is 5.73. The molecule has 2 heterocycles. The standard InChI is InChI=1S/C10H9Cl2N5O/c1-5-6(4-17(2)16-5)9(18)14-8-3-7(11)13-10(12)15-8/h3-4H,1-2H3,(H,13,14,15,18). The molecular weight excluding hydrogens is 277 g/mol. The highest BCUT2D eigenvalue weighted by atomic mass is 35.5. The van der Waals surface area contributed by atoms with Crippen molar-refractivity contribution in [3.05, 3.63) is 34.0 Å². The lowest BCUT2D eigenvalue weighted by Crippen LogP contribution is -2.13. The fourth-order valence-corrected chi connectivity index (χ4v) is 1.87. The number of carbonyl (C=O) groups is 1. The van der Waals surface area contributed by atoms with Gasteiger partial charge < -0.3 is 5.32 Å². The maximum Gasteiger partial charge on any atom is 0.260 e. The molecule has 0 unspecified atom stereocenters. The summed E-state index contributed by atoms with van der Waals surface area (Å²) in [7, 11) is 1.74. The van der Waals surface area contributed by atoms with Crippen LogP contribution < -0.4 is 5.32 Å². The van der Waals surface area contributed by atoms with Gasteiger partial charge in [-0.25, -0.2) is 9.97 Å². The summed E-state index contributed by atoms with van der Waals surface area (Å²) in [5.74, 6) is -0.0836. The van der Waals surface area contributed by atoms with Crippen LogP contribution >= 0.6 is 23.2 Å². The number of rotatable bonds is 2. The lowest BCUT2D eigenvalue weighted by molar-refractivity contribution is 0.102. The van der Waals surface area contributed by atoms with E-state index in [9.17, 15) is 4.79 Å². The second-order valence-electron chi connectivity index (χ2n) is 3.60. The normalized spacial score (nSPS) is 10.4. The minimum atomic E-state index is -0.327. The van der Waals surface area contributed by atoms with Crippen LogP contribution in [-0.2, 0) is 7.05 Å². The molecule has 94 valence electrons. The monoisotopic (exact) mass is 285 g/mol. The fourth-order valence-electron chi connectivity index (χ4n) is 1.46. The van der Waals surface area contributed by atoms with Gasteiger partial charge in [-0.15, -0.1) is 0 Å². The molecule has 0 atom stereocenters. The van der Waals surface area contributed by atoms with E-state index in [1.165, 1.54) is 6.07 Å². The molecule has 6 nitrogen and oxygen atoms in total. The van der Waals surface area contributed by atoms with Gasteiger partial charge in [0.25, 0.3) is 5.91 Å². The zero-order valence-electron chi connectivity index (χ0n) is 9.61. The largest absolute Gasteiger partial charge is 0.306 e. The molecule has 0 saturated heterocycles. The molecule has 1 N–H and O–H groups in total. The molecule has 0 aromatic carbocycles. The molecule has 18 heavy (non-hydrogen) atoms. The Morgan fingerprint density at radius 3 is 2.67 bits per heavy atom. The molecular formula is C10H9Cl2N5O. The maximum atomic E-state index is 12.0. The van der Waals surface area contributed by atoms with E-state index in [1.807, 2.05) is 0 Å². The Bertz CT molecular complexity index is 590. The van der Waals surface area contributed by atoms with E-state index in [2.05, 4.69) is 20.4 Å². The lowest BCUT2D eigenvalue weighted by atomic mass is 10.2. The minimum Gasteiger partial charge on any atom is -0.306 e. The van der Waals surface area contributed by atoms with Crippen molar-refractivity contribution in [3.63, 3.8) is 0 Å². The predicted octanol–water partition coefficient (Wildman–Crippen LogP) is 2.08. The van der Waals surface area contributed by atoms with E-state index in [-0.39, 0.29) is 22.2 Å². The topological polar surface area (TPSA) is 72.7 Å². The van der Waals surface area contributed by atoms with Crippen LogP contribution in [0.5, 0.6) is 0 Å². The average Bonchev–Trinajstić information content (AvgIpc) is 2.56. The summed E-state index contributed by atoms with van der Waals surface area (Å²) in [6, 6.07) is 1.41. The van der Waals surface area contributed by atoms with Crippen molar-refractivity contribution in [1.29, 1.82) is 0 Å². The van der Waals surface area contributed by atoms with Crippen molar-refractivity contribution in [1.82, 2.24) is 19.7 Å². The van der Waals surface area contributed by atoms with Crippen molar-refractivity contribution in [2.24, 2.45) is 7.05 Å². The molecule has 0 aliphatic carbocycles. The molecule has 2 rings (SSSR count). The third kappa shape index (κ3) is 2.77. The lowest BCUT2D eigenvalue weighted by Gasteiger charge is -2.03. The Kier molecular flexibility index (Phi) is 3.49. The first kappa shape index (κ1) is 12.8. The van der Waals surface area contributed by atoms with Crippen LogP contribution in [0, 0.1) is 6.92 Å². The van der Waals surface area contributed by atoms with Crippen molar-refractivity contribution in [3.8, 4) is 0 Å². The number of hydrogen-bond donors (Lipinski definition) is 1. The summed E-state index contributed by atoms with van der Waals surface area (Å²) < 4.78 is 1.56. The minimum absolute atomic E-state index is 0.0271. The first-order valence-electron chi connectivity index (χ1n) is 4.97. The molecule has 8 heteroatoms. The summed E-state index contributed by atoms with van der Waals surface area (Å²) >= 11 is 11.4. The number of anilines is 1. The van der Waals surface area contributed by atoms with Crippen LogP contribution in [0.25, 0.3) is 0 Å². The Labute approximate surface area is 113 Å². The third-order valence-electron chi connectivity index (χ3n) is 2.17. The van der Waals surface area contributed by atoms with Gasteiger partial charge in [-0.1, -0.05) is 11.6 Å². The number of carbonyl (C=O) groups excluding carboxylic acids is 1. The zero-order chi connectivity index (χ0) is 13.3. The molecule has 0 aliphatic rings. The van der Waals surface area contributed by atoms with Gasteiger partial charge in [0.2, 0.25) is 5.28 Å². The van der Waals surface area contributed by atoms with E-state index in [4.69, 9.17) is 23.2 Å². The zero-order valence-corrected chi connectivity index (χ0v) is 11.1. The number of nitrogens with zero attached hydrogens (tertiary/aromatic N) is 4. The molecule has 0 aliphatic heterocycles. The van der Waals surface area contributed by atoms with Crippen LogP contribution in [-0.4, -0.2) is 25.7 Å². The van der Waals surface area contributed by atoms with E-state index in [0.29, 0.717) is 11.3 Å². The summed E-state index contributed by atoms with van der Waals surface area (Å²) in [6.07, 6.45) is 1.62. The third-order valence-corrected chi connectivity index (χ3v) is 2.53. The van der Waals surface area contributed by atoms with Gasteiger partial charge in [0.15, 0.2) is 0 Å². The highest BCUT2D eigenvalue weighted by Crippen LogP contribution is 2.15. The molecule has 2 aromatic rings. The van der Waals surface area contributed by atoms with Crippen LogP contribution in [0.3, 0.4) is 0 Å². The SMILES string of the molecule is Cc1nn(C)cc1C(=O)Nc1cc(Cl)nc(Cl)n1. The first-order chi connectivity index (χ1) is 8.45. The Morgan fingerprint density at radius 1 is 1.39 bits per heavy atom. The van der Waals surface area contributed by atoms with Crippen LogP contribution in [0.15, 0.2) is 12.3 Å². The van der Waals surface area contributed by atoms with E-state index < -0.39 is 0 Å². The van der Waals surface area contributed by atoms with Crippen LogP contribution in [0.2, 0.25) is 10.4 Å². The highest BCUT2D eigenvalue weighted by molar-refractivity contribution is 6.32. The molecule has 0 bridgehead atoms. The summed E-state index contributed by atoms with van der Waals surface area (Å²) in [4.78, 5) is 19.5. The van der Waals surface area contributed by atoms with Crippen molar-refractivity contribution < 1.29 is 4.79 Å². The number of halogens is 2. The van der Waals surface area contributed by atoms with Gasteiger partial charge in [0.1, 0.15) is 11.0 Å². The number of nitrogens with one attached hydrogen (secondary N) is 1. The number of hydrogen-bond acceptors (Lipinski definition) is 4. The Hall–Kier alpha value is -1.66. The highest BCUT2D eigenvalue weighted by Gasteiger charge is 2.13. The van der Waals surface area contributed by atoms with E-state index in [0.717, 1.165) is 0 Å². The van der Waals surface area contributed by atoms with Gasteiger partial charge in [-0.2, -0.15) is 5.10 Å². The molecule has 0 saturated carbocycles. The maximum absolute atomic E-state index is 12.0. The summed E-state index contributed by atoms with van der Waals surface area (Å²) in [6.45, 7) is 1.74. The average molecular weight is 286 g/mol. The van der Waals surface area contributed by atoms with Crippen LogP contribution in [0.4, 0.5) is 5.82 Å². The molecule has 2 aromatic heterocycles. The molecule has 0 spiro atoms. The molecule has 0 radical (unpaired) electrons. The van der Waals surface area contributed by atoms with Gasteiger partial charge >= 0.3 is 0 Å². The molecule has 1 amide bonds. The van der Waals surface area contributed by atoms with Gasteiger partial charge in [0.05, 0.1) is 11.3 Å². The van der Waals surface area contributed by atoms with Gasteiger partial charge in [-0.3, -0.25) is 9.48 Å². The summed E-state index contributed by atoms with van der Waals surface area (Å²) in [5, 5.41) is 6.79. The summed E-state index contributed by atoms with van der Waals surface area (Å²) in [5.41, 5.74) is 1.09. The Balaban J connectivity index is 2.23. The number of aryl methyl sites for hydroxylation is 2. The predicted molar refractivity (Wildman–Crippen MR) is 68.0 cm³/mol.